The van der Waals surface area contributed by atoms with Gasteiger partial charge in [-0.25, -0.2) is 4.79 Å². The number of esters is 1. The average Bonchev–Trinajstić information content (AvgIpc) is 2.58. The third-order valence-electron chi connectivity index (χ3n) is 2.48. The van der Waals surface area contributed by atoms with Crippen LogP contribution in [0.2, 0.25) is 0 Å². The summed E-state index contributed by atoms with van der Waals surface area (Å²) in [7, 11) is 0. The van der Waals surface area contributed by atoms with E-state index in [1.54, 1.807) is 0 Å². The highest BCUT2D eigenvalue weighted by Gasteiger charge is 2.34. The van der Waals surface area contributed by atoms with Gasteiger partial charge in [0.25, 0.3) is 0 Å². The molecule has 0 aliphatic carbocycles. The number of aryl methyl sites for hydroxylation is 1. The molecule has 0 saturated heterocycles. The van der Waals surface area contributed by atoms with Crippen molar-refractivity contribution in [3.8, 4) is 0 Å². The lowest BCUT2D eigenvalue weighted by atomic mass is 10.2. The topological polar surface area (TPSA) is 47.6 Å². The molecule has 4 nitrogen and oxygen atoms in total. The first-order valence-corrected chi connectivity index (χ1v) is 6.05. The Kier molecular flexibility index (Phi) is 3.89. The molecule has 18 heavy (non-hydrogen) atoms. The number of halogens is 1. The zero-order valence-corrected chi connectivity index (χ0v) is 11.0. The number of benzene rings is 1. The molecule has 0 fully saturated rings. The van der Waals surface area contributed by atoms with Crippen molar-refractivity contribution in [3.63, 3.8) is 0 Å². The van der Waals surface area contributed by atoms with Crippen molar-refractivity contribution in [1.29, 1.82) is 0 Å². The predicted octanol–water partition coefficient (Wildman–Crippen LogP) is 2.78. The van der Waals surface area contributed by atoms with Gasteiger partial charge in [0.2, 0.25) is 6.29 Å². The molecule has 1 aromatic rings. The van der Waals surface area contributed by atoms with Crippen molar-refractivity contribution in [3.05, 3.63) is 40.6 Å². The molecule has 1 aromatic carbocycles. The molecule has 1 atom stereocenters. The first kappa shape index (κ1) is 12.9. The number of hydrogen-bond donors (Lipinski definition) is 1. The molecule has 0 unspecified atom stereocenters. The quantitative estimate of drug-likeness (QED) is 0.852. The highest BCUT2D eigenvalue weighted by atomic mass is 35.5. The molecule has 1 N–H and O–H groups in total. The van der Waals surface area contributed by atoms with E-state index in [9.17, 15) is 4.79 Å². The van der Waals surface area contributed by atoms with E-state index in [1.165, 1.54) is 0 Å². The Labute approximate surface area is 111 Å². The van der Waals surface area contributed by atoms with Crippen LogP contribution < -0.4 is 5.32 Å². The van der Waals surface area contributed by atoms with Gasteiger partial charge in [0.15, 0.2) is 5.03 Å². The number of rotatable bonds is 4. The number of carbonyl (C=O) groups excluding carboxylic acids is 1. The van der Waals surface area contributed by atoms with Crippen molar-refractivity contribution >= 4 is 23.3 Å². The number of carbonyl (C=O) groups is 1. The predicted molar refractivity (Wildman–Crippen MR) is 69.2 cm³/mol. The molecule has 1 aliphatic rings. The summed E-state index contributed by atoms with van der Waals surface area (Å²) in [5, 5.41) is 3.11. The Bertz CT molecular complexity index is 499. The van der Waals surface area contributed by atoms with Gasteiger partial charge in [-0.15, -0.1) is 0 Å². The Balaban J connectivity index is 2.22. The van der Waals surface area contributed by atoms with Crippen LogP contribution in [0.4, 0.5) is 5.69 Å². The Morgan fingerprint density at radius 2 is 2.28 bits per heavy atom. The number of anilines is 1. The van der Waals surface area contributed by atoms with Crippen LogP contribution in [-0.2, 0) is 14.3 Å². The molecule has 96 valence electrons. The number of hydrogen-bond acceptors (Lipinski definition) is 4. The smallest absolute Gasteiger partial charge is 0.354 e. The van der Waals surface area contributed by atoms with Crippen molar-refractivity contribution in [1.82, 2.24) is 0 Å². The van der Waals surface area contributed by atoms with Gasteiger partial charge in [0, 0.05) is 12.3 Å². The molecule has 0 spiro atoms. The normalized spacial score (nSPS) is 19.1. The van der Waals surface area contributed by atoms with Gasteiger partial charge in [0.1, 0.15) is 5.70 Å². The highest BCUT2D eigenvalue weighted by molar-refractivity contribution is 6.42. The Hall–Kier alpha value is -1.52. The molecular weight excluding hydrogens is 254 g/mol. The monoisotopic (exact) mass is 267 g/mol. The van der Waals surface area contributed by atoms with Crippen molar-refractivity contribution < 1.29 is 14.3 Å². The summed E-state index contributed by atoms with van der Waals surface area (Å²) in [6.07, 6.45) is -0.754. The molecule has 0 amide bonds. The van der Waals surface area contributed by atoms with Crippen LogP contribution in [0.15, 0.2) is 35.0 Å². The van der Waals surface area contributed by atoms with E-state index in [0.29, 0.717) is 12.3 Å². The molecular formula is C13H14ClNO3. The summed E-state index contributed by atoms with van der Waals surface area (Å²) in [5.74, 6) is -0.565. The Morgan fingerprint density at radius 3 is 2.94 bits per heavy atom. The third-order valence-corrected chi connectivity index (χ3v) is 2.84. The number of nitrogens with one attached hydrogen (secondary N) is 1. The summed E-state index contributed by atoms with van der Waals surface area (Å²) >= 11 is 5.91. The van der Waals surface area contributed by atoms with Crippen molar-refractivity contribution in [2.24, 2.45) is 0 Å². The lowest BCUT2D eigenvalue weighted by Crippen LogP contribution is -2.20. The molecule has 1 heterocycles. The highest BCUT2D eigenvalue weighted by Crippen LogP contribution is 2.28. The van der Waals surface area contributed by atoms with Gasteiger partial charge in [-0.05, 0) is 31.5 Å². The van der Waals surface area contributed by atoms with Gasteiger partial charge in [-0.3, -0.25) is 0 Å². The SMILES string of the molecule is CCO[C@H]1OC(=O)C(Cl)=C1Nc1cccc(C)c1. The van der Waals surface area contributed by atoms with Crippen LogP contribution in [0, 0.1) is 6.92 Å². The summed E-state index contributed by atoms with van der Waals surface area (Å²) in [5.41, 5.74) is 2.40. The van der Waals surface area contributed by atoms with E-state index in [1.807, 2.05) is 38.1 Å². The lowest BCUT2D eigenvalue weighted by molar-refractivity contribution is -0.158. The standard InChI is InChI=1S/C13H14ClNO3/c1-3-17-13-11(10(14)12(16)18-13)15-9-6-4-5-8(2)7-9/h4-7,13,15H,3H2,1-2H3/t13-/m0/s1. The van der Waals surface area contributed by atoms with E-state index in [4.69, 9.17) is 21.1 Å². The van der Waals surface area contributed by atoms with E-state index in [2.05, 4.69) is 5.32 Å². The Morgan fingerprint density at radius 1 is 1.50 bits per heavy atom. The molecule has 2 rings (SSSR count). The second kappa shape index (κ2) is 5.42. The molecule has 1 aliphatic heterocycles. The van der Waals surface area contributed by atoms with Gasteiger partial charge in [0.05, 0.1) is 0 Å². The molecule has 0 radical (unpaired) electrons. The van der Waals surface area contributed by atoms with Gasteiger partial charge < -0.3 is 14.8 Å². The minimum absolute atomic E-state index is 0.0370. The van der Waals surface area contributed by atoms with Crippen molar-refractivity contribution in [2.45, 2.75) is 20.1 Å². The minimum Gasteiger partial charge on any atom is -0.425 e. The summed E-state index contributed by atoms with van der Waals surface area (Å²) < 4.78 is 10.3. The van der Waals surface area contributed by atoms with Crippen LogP contribution in [-0.4, -0.2) is 18.9 Å². The fraction of sp³-hybridized carbons (Fsp3) is 0.308. The molecule has 5 heteroatoms. The number of cyclic esters (lactones) is 1. The summed E-state index contributed by atoms with van der Waals surface area (Å²) in [4.78, 5) is 11.4. The minimum atomic E-state index is -0.754. The zero-order valence-electron chi connectivity index (χ0n) is 10.2. The second-order valence-corrected chi connectivity index (χ2v) is 4.29. The zero-order chi connectivity index (χ0) is 13.1. The fourth-order valence-corrected chi connectivity index (χ4v) is 1.86. The van der Waals surface area contributed by atoms with E-state index in [-0.39, 0.29) is 5.03 Å². The maximum Gasteiger partial charge on any atom is 0.354 e. The summed E-state index contributed by atoms with van der Waals surface area (Å²) in [6, 6.07) is 7.73. The molecule has 0 bridgehead atoms. The van der Waals surface area contributed by atoms with Crippen molar-refractivity contribution in [2.75, 3.05) is 11.9 Å². The van der Waals surface area contributed by atoms with Crippen LogP contribution in [0.5, 0.6) is 0 Å². The number of ether oxygens (including phenoxy) is 2. The maximum absolute atomic E-state index is 11.4. The van der Waals surface area contributed by atoms with Crippen LogP contribution >= 0.6 is 11.6 Å². The first-order chi connectivity index (χ1) is 8.61. The van der Waals surface area contributed by atoms with Crippen LogP contribution in [0.25, 0.3) is 0 Å². The van der Waals surface area contributed by atoms with Gasteiger partial charge >= 0.3 is 5.97 Å². The second-order valence-electron chi connectivity index (χ2n) is 3.91. The van der Waals surface area contributed by atoms with Crippen LogP contribution in [0.1, 0.15) is 12.5 Å². The van der Waals surface area contributed by atoms with E-state index < -0.39 is 12.3 Å². The molecule has 0 aromatic heterocycles. The van der Waals surface area contributed by atoms with E-state index in [0.717, 1.165) is 11.3 Å². The van der Waals surface area contributed by atoms with E-state index >= 15 is 0 Å². The van der Waals surface area contributed by atoms with Gasteiger partial charge in [-0.1, -0.05) is 23.7 Å². The van der Waals surface area contributed by atoms with Gasteiger partial charge in [-0.2, -0.15) is 0 Å². The third kappa shape index (κ3) is 2.66. The maximum atomic E-state index is 11.4. The summed E-state index contributed by atoms with van der Waals surface area (Å²) in [6.45, 7) is 4.24. The van der Waals surface area contributed by atoms with Crippen LogP contribution in [0.3, 0.4) is 0 Å². The fourth-order valence-electron chi connectivity index (χ4n) is 1.68. The molecule has 0 saturated carbocycles. The average molecular weight is 268 g/mol. The first-order valence-electron chi connectivity index (χ1n) is 5.67. The lowest BCUT2D eigenvalue weighted by Gasteiger charge is -2.15. The largest absolute Gasteiger partial charge is 0.425 e.